The molecule has 0 aromatic carbocycles. The van der Waals surface area contributed by atoms with E-state index in [-0.39, 0.29) is 18.4 Å². The average Bonchev–Trinajstić information content (AvgIpc) is 3.09. The molecule has 0 amide bonds. The molecular formula is C17H24N2O4. The maximum absolute atomic E-state index is 12.3. The molecule has 3 heterocycles. The van der Waals surface area contributed by atoms with Crippen molar-refractivity contribution in [3.63, 3.8) is 0 Å². The Morgan fingerprint density at radius 2 is 2.00 bits per heavy atom. The Morgan fingerprint density at radius 3 is 2.65 bits per heavy atom. The van der Waals surface area contributed by atoms with E-state index in [2.05, 4.69) is 9.88 Å². The molecule has 126 valence electrons. The van der Waals surface area contributed by atoms with Gasteiger partial charge in [0.15, 0.2) is 6.29 Å². The van der Waals surface area contributed by atoms with E-state index in [0.29, 0.717) is 30.5 Å². The number of aromatic nitrogens is 1. The van der Waals surface area contributed by atoms with Crippen molar-refractivity contribution in [3.05, 3.63) is 23.9 Å². The third-order valence-corrected chi connectivity index (χ3v) is 4.22. The molecule has 0 unspecified atom stereocenters. The molecule has 0 radical (unpaired) electrons. The van der Waals surface area contributed by atoms with Crippen LogP contribution in [0, 0.1) is 5.92 Å². The van der Waals surface area contributed by atoms with Crippen molar-refractivity contribution in [2.45, 2.75) is 39.1 Å². The van der Waals surface area contributed by atoms with Crippen LogP contribution in [0.4, 0.5) is 5.82 Å². The van der Waals surface area contributed by atoms with Crippen LogP contribution in [-0.4, -0.2) is 49.7 Å². The molecule has 0 saturated carbocycles. The third-order valence-electron chi connectivity index (χ3n) is 4.22. The predicted octanol–water partition coefficient (Wildman–Crippen LogP) is 2.24. The van der Waals surface area contributed by atoms with E-state index in [4.69, 9.17) is 14.2 Å². The molecule has 0 N–H and O–H groups in total. The van der Waals surface area contributed by atoms with Crippen molar-refractivity contribution in [2.75, 3.05) is 31.2 Å². The van der Waals surface area contributed by atoms with Crippen LogP contribution in [0.15, 0.2) is 18.3 Å². The van der Waals surface area contributed by atoms with Gasteiger partial charge in [0.1, 0.15) is 11.4 Å². The fraction of sp³-hybridized carbons (Fsp3) is 0.647. The van der Waals surface area contributed by atoms with Gasteiger partial charge >= 0.3 is 5.97 Å². The molecule has 1 aromatic heterocycles. The highest BCUT2D eigenvalue weighted by molar-refractivity contribution is 5.94. The number of rotatable bonds is 4. The first-order valence-corrected chi connectivity index (χ1v) is 8.29. The highest BCUT2D eigenvalue weighted by Crippen LogP contribution is 2.29. The maximum Gasteiger partial charge on any atom is 0.342 e. The second-order valence-electron chi connectivity index (χ2n) is 6.26. The van der Waals surface area contributed by atoms with Crippen molar-refractivity contribution in [2.24, 2.45) is 5.92 Å². The molecule has 1 aromatic rings. The van der Waals surface area contributed by atoms with Gasteiger partial charge in [-0.3, -0.25) is 0 Å². The number of hydrogen-bond acceptors (Lipinski definition) is 6. The molecule has 2 saturated heterocycles. The molecule has 2 aliphatic rings. The molecule has 6 heteroatoms. The van der Waals surface area contributed by atoms with E-state index in [1.54, 1.807) is 18.3 Å². The number of carbonyl (C=O) groups is 1. The van der Waals surface area contributed by atoms with Gasteiger partial charge in [-0.2, -0.15) is 0 Å². The average molecular weight is 320 g/mol. The highest BCUT2D eigenvalue weighted by atomic mass is 16.7. The molecule has 0 spiro atoms. The third kappa shape index (κ3) is 3.82. The number of ether oxygens (including phenoxy) is 3. The van der Waals surface area contributed by atoms with Gasteiger partial charge in [-0.25, -0.2) is 9.78 Å². The Hall–Kier alpha value is -1.66. The molecule has 0 aliphatic carbocycles. The second-order valence-corrected chi connectivity index (χ2v) is 6.26. The molecule has 6 nitrogen and oxygen atoms in total. The lowest BCUT2D eigenvalue weighted by Gasteiger charge is -2.35. The Kier molecular flexibility index (Phi) is 5.13. The number of anilines is 1. The number of carbonyl (C=O) groups excluding carboxylic acids is 1. The van der Waals surface area contributed by atoms with E-state index in [9.17, 15) is 4.79 Å². The Bertz CT molecular complexity index is 535. The number of nitrogens with zero attached hydrogens (tertiary/aromatic N) is 2. The summed E-state index contributed by atoms with van der Waals surface area (Å²) in [6.07, 6.45) is 3.46. The fourth-order valence-electron chi connectivity index (χ4n) is 3.12. The highest BCUT2D eigenvalue weighted by Gasteiger charge is 2.32. The largest absolute Gasteiger partial charge is 0.459 e. The first kappa shape index (κ1) is 16.2. The summed E-state index contributed by atoms with van der Waals surface area (Å²) >= 11 is 0. The van der Waals surface area contributed by atoms with Crippen molar-refractivity contribution in [1.82, 2.24) is 4.98 Å². The van der Waals surface area contributed by atoms with Gasteiger partial charge in [0.05, 0.1) is 19.3 Å². The zero-order valence-electron chi connectivity index (χ0n) is 13.7. The van der Waals surface area contributed by atoms with Crippen LogP contribution in [0.5, 0.6) is 0 Å². The predicted molar refractivity (Wildman–Crippen MR) is 85.4 cm³/mol. The van der Waals surface area contributed by atoms with Gasteiger partial charge < -0.3 is 19.1 Å². The summed E-state index contributed by atoms with van der Waals surface area (Å²) in [6, 6.07) is 3.55. The Balaban J connectivity index is 1.67. The quantitative estimate of drug-likeness (QED) is 0.793. The summed E-state index contributed by atoms with van der Waals surface area (Å²) in [7, 11) is 0. The first-order chi connectivity index (χ1) is 11.1. The fourth-order valence-corrected chi connectivity index (χ4v) is 3.12. The summed E-state index contributed by atoms with van der Waals surface area (Å²) in [5.41, 5.74) is 0.535. The van der Waals surface area contributed by atoms with Gasteiger partial charge in [-0.1, -0.05) is 0 Å². The summed E-state index contributed by atoms with van der Waals surface area (Å²) in [5.74, 6) is 0.820. The monoisotopic (exact) mass is 320 g/mol. The lowest BCUT2D eigenvalue weighted by atomic mass is 9.96. The SMILES string of the molecule is CC(C)OC(=O)c1cccnc1N1CCC(C2OCCO2)CC1. The number of esters is 1. The van der Waals surface area contributed by atoms with E-state index < -0.39 is 0 Å². The molecule has 2 fully saturated rings. The van der Waals surface area contributed by atoms with Crippen LogP contribution < -0.4 is 4.90 Å². The van der Waals surface area contributed by atoms with Crippen molar-refractivity contribution >= 4 is 11.8 Å². The standard InChI is InChI=1S/C17H24N2O4/c1-12(2)23-16(20)14-4-3-7-18-15(14)19-8-5-13(6-9-19)17-21-10-11-22-17/h3-4,7,12-13,17H,5-6,8-11H2,1-2H3. The summed E-state index contributed by atoms with van der Waals surface area (Å²) in [4.78, 5) is 18.8. The lowest BCUT2D eigenvalue weighted by Crippen LogP contribution is -2.39. The molecule has 3 rings (SSSR count). The summed E-state index contributed by atoms with van der Waals surface area (Å²) in [5, 5.41) is 0. The Morgan fingerprint density at radius 1 is 1.30 bits per heavy atom. The van der Waals surface area contributed by atoms with Gasteiger partial charge in [0, 0.05) is 25.2 Å². The normalized spacial score (nSPS) is 20.2. The molecular weight excluding hydrogens is 296 g/mol. The minimum absolute atomic E-state index is 0.0636. The molecule has 0 bridgehead atoms. The first-order valence-electron chi connectivity index (χ1n) is 8.29. The zero-order chi connectivity index (χ0) is 16.2. The zero-order valence-corrected chi connectivity index (χ0v) is 13.7. The Labute approximate surface area is 136 Å². The minimum Gasteiger partial charge on any atom is -0.459 e. The van der Waals surface area contributed by atoms with E-state index >= 15 is 0 Å². The number of piperidine rings is 1. The summed E-state index contributed by atoms with van der Waals surface area (Å²) in [6.45, 7) is 6.76. The van der Waals surface area contributed by atoms with Gasteiger partial charge in [0.25, 0.3) is 0 Å². The van der Waals surface area contributed by atoms with Crippen molar-refractivity contribution in [1.29, 1.82) is 0 Å². The van der Waals surface area contributed by atoms with Crippen LogP contribution in [0.25, 0.3) is 0 Å². The minimum atomic E-state index is -0.312. The molecule has 23 heavy (non-hydrogen) atoms. The molecule has 0 atom stereocenters. The van der Waals surface area contributed by atoms with E-state index in [1.807, 2.05) is 13.8 Å². The van der Waals surface area contributed by atoms with Gasteiger partial charge in [-0.05, 0) is 38.8 Å². The lowest BCUT2D eigenvalue weighted by molar-refractivity contribution is -0.0889. The summed E-state index contributed by atoms with van der Waals surface area (Å²) < 4.78 is 16.5. The molecule has 2 aliphatic heterocycles. The number of pyridine rings is 1. The second kappa shape index (κ2) is 7.27. The van der Waals surface area contributed by atoms with Crippen molar-refractivity contribution < 1.29 is 19.0 Å². The van der Waals surface area contributed by atoms with E-state index in [0.717, 1.165) is 25.9 Å². The smallest absolute Gasteiger partial charge is 0.342 e. The van der Waals surface area contributed by atoms with Crippen molar-refractivity contribution in [3.8, 4) is 0 Å². The topological polar surface area (TPSA) is 60.9 Å². The van der Waals surface area contributed by atoms with Crippen LogP contribution >= 0.6 is 0 Å². The van der Waals surface area contributed by atoms with Gasteiger partial charge in [-0.15, -0.1) is 0 Å². The van der Waals surface area contributed by atoms with Crippen LogP contribution in [0.1, 0.15) is 37.0 Å². The van der Waals surface area contributed by atoms with Gasteiger partial charge in [0.2, 0.25) is 0 Å². The maximum atomic E-state index is 12.3. The van der Waals surface area contributed by atoms with Crippen LogP contribution in [-0.2, 0) is 14.2 Å². The number of hydrogen-bond donors (Lipinski definition) is 0. The van der Waals surface area contributed by atoms with Crippen LogP contribution in [0.2, 0.25) is 0 Å². The van der Waals surface area contributed by atoms with E-state index in [1.165, 1.54) is 0 Å². The van der Waals surface area contributed by atoms with Crippen LogP contribution in [0.3, 0.4) is 0 Å².